The highest BCUT2D eigenvalue weighted by Crippen LogP contribution is 2.26. The Hall–Kier alpha value is -1.75. The smallest absolute Gasteiger partial charge is 0.159 e. The average molecular weight is 370 g/mol. The van der Waals surface area contributed by atoms with Crippen molar-refractivity contribution in [2.24, 2.45) is 5.73 Å². The summed E-state index contributed by atoms with van der Waals surface area (Å²) in [5.41, 5.74) is 7.29. The van der Waals surface area contributed by atoms with Crippen LogP contribution in [-0.4, -0.2) is 20.0 Å². The lowest BCUT2D eigenvalue weighted by atomic mass is 10.1. The number of hydrogen-bond donors (Lipinski definition) is 1. The Kier molecular flexibility index (Phi) is 8.05. The number of halogens is 2. The summed E-state index contributed by atoms with van der Waals surface area (Å²) < 4.78 is 9.94. The minimum Gasteiger partial charge on any atom is -0.495 e. The van der Waals surface area contributed by atoms with Gasteiger partial charge in [-0.2, -0.15) is 0 Å². The SMILES string of the molecule is COc1ccc(C(C)=O)cc1Cl.COc1ccc(C(C)N)cc1Cl. The van der Waals surface area contributed by atoms with Crippen LogP contribution in [0.15, 0.2) is 36.4 Å². The molecule has 130 valence electrons. The molecule has 2 aromatic carbocycles. The van der Waals surface area contributed by atoms with Crippen molar-refractivity contribution in [3.63, 3.8) is 0 Å². The van der Waals surface area contributed by atoms with E-state index in [0.717, 1.165) is 5.56 Å². The molecule has 2 rings (SSSR count). The third-order valence-electron chi connectivity index (χ3n) is 3.26. The molecule has 0 spiro atoms. The predicted molar refractivity (Wildman–Crippen MR) is 98.6 cm³/mol. The normalized spacial score (nSPS) is 11.1. The van der Waals surface area contributed by atoms with Crippen LogP contribution in [0.2, 0.25) is 10.0 Å². The van der Waals surface area contributed by atoms with Gasteiger partial charge in [0, 0.05) is 11.6 Å². The molecule has 0 aliphatic heterocycles. The van der Waals surface area contributed by atoms with Gasteiger partial charge in [0.05, 0.1) is 24.3 Å². The number of methoxy groups -OCH3 is 2. The first-order valence-corrected chi connectivity index (χ1v) is 7.99. The second kappa shape index (κ2) is 9.52. The van der Waals surface area contributed by atoms with Crippen LogP contribution in [-0.2, 0) is 0 Å². The highest BCUT2D eigenvalue weighted by molar-refractivity contribution is 6.32. The second-order valence-electron chi connectivity index (χ2n) is 5.09. The quantitative estimate of drug-likeness (QED) is 0.776. The fourth-order valence-electron chi connectivity index (χ4n) is 1.85. The van der Waals surface area contributed by atoms with E-state index in [-0.39, 0.29) is 11.8 Å². The third kappa shape index (κ3) is 5.71. The first kappa shape index (κ1) is 20.3. The number of benzene rings is 2. The lowest BCUT2D eigenvalue weighted by molar-refractivity contribution is 0.101. The molecule has 0 saturated carbocycles. The number of rotatable bonds is 4. The van der Waals surface area contributed by atoms with Gasteiger partial charge < -0.3 is 15.2 Å². The maximum absolute atomic E-state index is 10.9. The minimum atomic E-state index is -0.000414. The van der Waals surface area contributed by atoms with E-state index in [9.17, 15) is 4.79 Å². The Morgan fingerprint density at radius 3 is 1.88 bits per heavy atom. The summed E-state index contributed by atoms with van der Waals surface area (Å²) in [4.78, 5) is 10.9. The van der Waals surface area contributed by atoms with Crippen LogP contribution in [0.4, 0.5) is 0 Å². The number of carbonyl (C=O) groups is 1. The molecule has 6 heteroatoms. The van der Waals surface area contributed by atoms with Gasteiger partial charge in [-0.05, 0) is 49.7 Å². The van der Waals surface area contributed by atoms with E-state index in [1.165, 1.54) is 14.0 Å². The Balaban J connectivity index is 0.000000240. The van der Waals surface area contributed by atoms with E-state index in [1.807, 2.05) is 25.1 Å². The van der Waals surface area contributed by atoms with Crippen molar-refractivity contribution in [3.8, 4) is 11.5 Å². The molecular formula is C18H21Cl2NO3. The van der Waals surface area contributed by atoms with Crippen LogP contribution in [0.3, 0.4) is 0 Å². The molecule has 0 aliphatic carbocycles. The summed E-state index contributed by atoms with van der Waals surface area (Å²) in [6, 6.07) is 10.5. The molecule has 0 amide bonds. The van der Waals surface area contributed by atoms with Gasteiger partial charge in [-0.3, -0.25) is 4.79 Å². The van der Waals surface area contributed by atoms with Crippen molar-refractivity contribution in [1.82, 2.24) is 0 Å². The van der Waals surface area contributed by atoms with Crippen molar-refractivity contribution in [2.45, 2.75) is 19.9 Å². The Labute approximate surface area is 152 Å². The lowest BCUT2D eigenvalue weighted by Crippen LogP contribution is -2.04. The molecule has 0 fully saturated rings. The molecule has 0 radical (unpaired) electrons. The van der Waals surface area contributed by atoms with Crippen molar-refractivity contribution in [2.75, 3.05) is 14.2 Å². The van der Waals surface area contributed by atoms with Crippen LogP contribution < -0.4 is 15.2 Å². The molecule has 24 heavy (non-hydrogen) atoms. The van der Waals surface area contributed by atoms with Crippen molar-refractivity contribution in [3.05, 3.63) is 57.6 Å². The molecule has 0 bridgehead atoms. The first-order valence-electron chi connectivity index (χ1n) is 7.23. The van der Waals surface area contributed by atoms with Gasteiger partial charge >= 0.3 is 0 Å². The zero-order chi connectivity index (χ0) is 18.3. The van der Waals surface area contributed by atoms with Crippen LogP contribution in [0, 0.1) is 0 Å². The van der Waals surface area contributed by atoms with Gasteiger partial charge in [0.15, 0.2) is 5.78 Å². The van der Waals surface area contributed by atoms with E-state index < -0.39 is 0 Å². The van der Waals surface area contributed by atoms with Crippen molar-refractivity contribution < 1.29 is 14.3 Å². The summed E-state index contributed by atoms with van der Waals surface area (Å²) in [6.07, 6.45) is 0. The third-order valence-corrected chi connectivity index (χ3v) is 3.85. The van der Waals surface area contributed by atoms with Gasteiger partial charge in [0.2, 0.25) is 0 Å². The molecule has 2 aromatic rings. The zero-order valence-corrected chi connectivity index (χ0v) is 15.6. The number of carbonyl (C=O) groups excluding carboxylic acids is 1. The summed E-state index contributed by atoms with van der Waals surface area (Å²) in [5, 5.41) is 1.07. The number of ether oxygens (including phenoxy) is 2. The highest BCUT2D eigenvalue weighted by Gasteiger charge is 2.04. The topological polar surface area (TPSA) is 61.5 Å². The maximum Gasteiger partial charge on any atom is 0.159 e. The summed E-state index contributed by atoms with van der Waals surface area (Å²) in [6.45, 7) is 3.41. The number of ketones is 1. The lowest BCUT2D eigenvalue weighted by Gasteiger charge is -2.08. The largest absolute Gasteiger partial charge is 0.495 e. The Morgan fingerprint density at radius 2 is 1.50 bits per heavy atom. The van der Waals surface area contributed by atoms with Crippen molar-refractivity contribution >= 4 is 29.0 Å². The summed E-state index contributed by atoms with van der Waals surface area (Å²) in [7, 11) is 3.13. The summed E-state index contributed by atoms with van der Waals surface area (Å²) in [5.74, 6) is 1.27. The molecule has 0 aliphatic rings. The van der Waals surface area contributed by atoms with Crippen LogP contribution in [0.5, 0.6) is 11.5 Å². The molecule has 1 unspecified atom stereocenters. The van der Waals surface area contributed by atoms with E-state index in [4.69, 9.17) is 38.4 Å². The molecule has 0 heterocycles. The number of hydrogen-bond acceptors (Lipinski definition) is 4. The zero-order valence-electron chi connectivity index (χ0n) is 14.1. The summed E-state index contributed by atoms with van der Waals surface area (Å²) >= 11 is 11.7. The van der Waals surface area contributed by atoms with E-state index in [1.54, 1.807) is 25.3 Å². The number of nitrogens with two attached hydrogens (primary N) is 1. The predicted octanol–water partition coefficient (Wildman–Crippen LogP) is 4.92. The standard InChI is InChI=1S/C9H12ClNO.C9H9ClO2/c2*1-6(11)7-3-4-9(12-2)8(10)5-7/h3-6H,11H2,1-2H3;3-5H,1-2H3. The Bertz CT molecular complexity index is 703. The van der Waals surface area contributed by atoms with E-state index >= 15 is 0 Å². The fraction of sp³-hybridized carbons (Fsp3) is 0.278. The van der Waals surface area contributed by atoms with Gasteiger partial charge in [0.1, 0.15) is 11.5 Å². The van der Waals surface area contributed by atoms with E-state index in [2.05, 4.69) is 0 Å². The van der Waals surface area contributed by atoms with E-state index in [0.29, 0.717) is 27.1 Å². The average Bonchev–Trinajstić information content (AvgIpc) is 2.55. The highest BCUT2D eigenvalue weighted by atomic mass is 35.5. The van der Waals surface area contributed by atoms with Gasteiger partial charge in [0.25, 0.3) is 0 Å². The van der Waals surface area contributed by atoms with Crippen LogP contribution >= 0.6 is 23.2 Å². The Morgan fingerprint density at radius 1 is 1.00 bits per heavy atom. The first-order chi connectivity index (χ1) is 11.3. The van der Waals surface area contributed by atoms with Gasteiger partial charge in [-0.25, -0.2) is 0 Å². The van der Waals surface area contributed by atoms with Gasteiger partial charge in [-0.1, -0.05) is 29.3 Å². The molecule has 4 nitrogen and oxygen atoms in total. The van der Waals surface area contributed by atoms with Crippen molar-refractivity contribution in [1.29, 1.82) is 0 Å². The fourth-order valence-corrected chi connectivity index (χ4v) is 2.38. The van der Waals surface area contributed by atoms with Crippen LogP contribution in [0.25, 0.3) is 0 Å². The maximum atomic E-state index is 10.9. The minimum absolute atomic E-state index is 0.000414. The molecule has 2 N–H and O–H groups in total. The molecule has 0 aromatic heterocycles. The molecular weight excluding hydrogens is 349 g/mol. The monoisotopic (exact) mass is 369 g/mol. The van der Waals surface area contributed by atoms with Gasteiger partial charge in [-0.15, -0.1) is 0 Å². The molecule has 1 atom stereocenters. The second-order valence-corrected chi connectivity index (χ2v) is 5.90. The molecule has 0 saturated heterocycles. The van der Waals surface area contributed by atoms with Crippen LogP contribution in [0.1, 0.15) is 35.8 Å². The number of Topliss-reactive ketones (excluding diaryl/α,β-unsaturated/α-hetero) is 1.